The summed E-state index contributed by atoms with van der Waals surface area (Å²) < 4.78 is 24.8. The van der Waals surface area contributed by atoms with Crippen LogP contribution in [0.5, 0.6) is 0 Å². The highest BCUT2D eigenvalue weighted by atomic mass is 28.5. The van der Waals surface area contributed by atoms with Gasteiger partial charge in [0, 0.05) is 5.57 Å². The Morgan fingerprint density at radius 2 is 1.56 bits per heavy atom. The Hall–Kier alpha value is -0.0425. The third-order valence-electron chi connectivity index (χ3n) is 3.83. The van der Waals surface area contributed by atoms with Crippen LogP contribution in [0.15, 0.2) is 12.2 Å². The molecule has 0 aromatic rings. The van der Waals surface area contributed by atoms with E-state index in [1.165, 1.54) is 0 Å². The fourth-order valence-corrected chi connectivity index (χ4v) is 20.5. The second-order valence-corrected chi connectivity index (χ2v) is 23.4. The molecule has 0 aromatic heterocycles. The van der Waals surface area contributed by atoms with E-state index in [0.717, 1.165) is 25.3 Å². The van der Waals surface area contributed by atoms with Gasteiger partial charge in [-0.3, -0.25) is 0 Å². The van der Waals surface area contributed by atoms with Crippen molar-refractivity contribution in [3.05, 3.63) is 12.2 Å². The van der Waals surface area contributed by atoms with Crippen molar-refractivity contribution in [1.29, 1.82) is 0 Å². The van der Waals surface area contributed by atoms with Gasteiger partial charge in [-0.05, 0) is 78.2 Å². The lowest BCUT2D eigenvalue weighted by molar-refractivity contribution is -0.144. The monoisotopic (exact) mass is 450 g/mol. The van der Waals surface area contributed by atoms with Gasteiger partial charge in [-0.15, -0.1) is 0 Å². The molecule has 0 radical (unpaired) electrons. The molecule has 0 aliphatic rings. The Kier molecular flexibility index (Phi) is 11.2. The fourth-order valence-electron chi connectivity index (χ4n) is 3.27. The predicted octanol–water partition coefficient (Wildman–Crippen LogP) is 5.31. The van der Waals surface area contributed by atoms with Crippen LogP contribution >= 0.6 is 0 Å². The van der Waals surface area contributed by atoms with Gasteiger partial charge in [0.15, 0.2) is 17.4 Å². The summed E-state index contributed by atoms with van der Waals surface area (Å²) in [5.74, 6) is -0.297. The summed E-state index contributed by atoms with van der Waals surface area (Å²) in [5, 5.41) is 0. The molecule has 0 fully saturated rings. The van der Waals surface area contributed by atoms with Crippen LogP contribution < -0.4 is 0 Å². The maximum Gasteiger partial charge on any atom is 0.333 e. The first kappa shape index (κ1) is 27.0. The van der Waals surface area contributed by atoms with E-state index in [2.05, 4.69) is 65.9 Å². The largest absolute Gasteiger partial charge is 0.459 e. The first-order valence-electron chi connectivity index (χ1n) is 10.0. The first-order chi connectivity index (χ1) is 12.1. The number of rotatable bonds is 13. The minimum atomic E-state index is -2.28. The lowest BCUT2D eigenvalue weighted by Gasteiger charge is -2.39. The van der Waals surface area contributed by atoms with Crippen LogP contribution in [0.1, 0.15) is 33.1 Å². The molecule has 9 heteroatoms. The van der Waals surface area contributed by atoms with Crippen molar-refractivity contribution >= 4 is 40.4 Å². The highest BCUT2D eigenvalue weighted by Crippen LogP contribution is 2.26. The normalized spacial score (nSPS) is 14.3. The zero-order valence-corrected chi connectivity index (χ0v) is 23.4. The predicted molar refractivity (Wildman–Crippen MR) is 124 cm³/mol. The van der Waals surface area contributed by atoms with Crippen molar-refractivity contribution in [3.8, 4) is 0 Å². The average Bonchev–Trinajstić information content (AvgIpc) is 2.40. The fraction of sp³-hybridized carbons (Fsp3) is 0.833. The molecule has 0 aliphatic heterocycles. The molecule has 0 aliphatic carbocycles. The van der Waals surface area contributed by atoms with E-state index in [-0.39, 0.29) is 12.1 Å². The van der Waals surface area contributed by atoms with Crippen LogP contribution in [0.4, 0.5) is 0 Å². The Bertz CT molecular complexity index is 492. The van der Waals surface area contributed by atoms with Crippen molar-refractivity contribution in [2.24, 2.45) is 0 Å². The van der Waals surface area contributed by atoms with Gasteiger partial charge in [0.25, 0.3) is 0 Å². The van der Waals surface area contributed by atoms with E-state index >= 15 is 0 Å². The SMILES string of the molecule is C=C(C)C(=O)OC(CCC)CC[Si](C)(C)O[Si](C)(C)O[Si](C)(C)O[SiH](C)C. The highest BCUT2D eigenvalue weighted by molar-refractivity contribution is 6.87. The smallest absolute Gasteiger partial charge is 0.333 e. The van der Waals surface area contributed by atoms with E-state index < -0.39 is 34.5 Å². The second kappa shape index (κ2) is 11.2. The van der Waals surface area contributed by atoms with Gasteiger partial charge < -0.3 is 17.1 Å². The molecule has 1 atom stereocenters. The van der Waals surface area contributed by atoms with Crippen molar-refractivity contribution in [2.75, 3.05) is 0 Å². The van der Waals surface area contributed by atoms with Crippen LogP contribution in [0.25, 0.3) is 0 Å². The van der Waals surface area contributed by atoms with Gasteiger partial charge in [0.05, 0.1) is 0 Å². The number of ether oxygens (including phenoxy) is 1. The minimum Gasteiger partial charge on any atom is -0.459 e. The Balaban J connectivity index is 4.83. The molecule has 0 bridgehead atoms. The summed E-state index contributed by atoms with van der Waals surface area (Å²) in [4.78, 5) is 11.9. The van der Waals surface area contributed by atoms with Gasteiger partial charge >= 0.3 is 23.1 Å². The number of hydrogen-bond donors (Lipinski definition) is 0. The molecule has 0 saturated carbocycles. The molecule has 27 heavy (non-hydrogen) atoms. The van der Waals surface area contributed by atoms with Crippen LogP contribution in [-0.4, -0.2) is 46.6 Å². The molecule has 0 saturated heterocycles. The van der Waals surface area contributed by atoms with Gasteiger partial charge in [-0.25, -0.2) is 4.79 Å². The summed E-state index contributed by atoms with van der Waals surface area (Å²) in [5.41, 5.74) is 0.451. The third-order valence-corrected chi connectivity index (χ3v) is 17.6. The van der Waals surface area contributed by atoms with Gasteiger partial charge in [0.1, 0.15) is 6.10 Å². The summed E-state index contributed by atoms with van der Waals surface area (Å²) in [6.45, 7) is 24.7. The summed E-state index contributed by atoms with van der Waals surface area (Å²) in [7, 11) is -7.52. The maximum absolute atomic E-state index is 11.9. The molecular weight excluding hydrogens is 409 g/mol. The lowest BCUT2D eigenvalue weighted by Crippen LogP contribution is -2.54. The molecule has 0 aromatic carbocycles. The Labute approximate surface area is 172 Å². The second-order valence-electron chi connectivity index (χ2n) is 9.07. The third kappa shape index (κ3) is 12.9. The molecular formula is C18H42O5Si4. The molecule has 5 nitrogen and oxygen atoms in total. The zero-order chi connectivity index (χ0) is 21.5. The van der Waals surface area contributed by atoms with Crippen molar-refractivity contribution < 1.29 is 21.9 Å². The van der Waals surface area contributed by atoms with E-state index in [1.807, 2.05) is 0 Å². The molecule has 0 N–H and O–H groups in total. The van der Waals surface area contributed by atoms with Gasteiger partial charge in [-0.1, -0.05) is 19.9 Å². The lowest BCUT2D eigenvalue weighted by atomic mass is 10.1. The first-order valence-corrected chi connectivity index (χ1v) is 21.6. The van der Waals surface area contributed by atoms with E-state index in [0.29, 0.717) is 5.57 Å². The van der Waals surface area contributed by atoms with E-state index in [4.69, 9.17) is 17.1 Å². The van der Waals surface area contributed by atoms with Crippen LogP contribution in [0, 0.1) is 0 Å². The van der Waals surface area contributed by atoms with Crippen LogP contribution in [0.2, 0.25) is 58.4 Å². The standard InChI is InChI=1S/C18H42O5Si4/c1-12-13-17(20-18(19)16(2)3)14-15-25(6,7)22-27(10,11)23-26(8,9)21-24(4)5/h17,24H,2,12-15H2,1,3-11H3. The topological polar surface area (TPSA) is 54.0 Å². The molecule has 1 unspecified atom stereocenters. The number of esters is 1. The molecule has 0 amide bonds. The number of carbonyl (C=O) groups is 1. The van der Waals surface area contributed by atoms with Gasteiger partial charge in [0.2, 0.25) is 0 Å². The minimum absolute atomic E-state index is 0.0682. The van der Waals surface area contributed by atoms with Crippen molar-refractivity contribution in [1.82, 2.24) is 0 Å². The van der Waals surface area contributed by atoms with Crippen molar-refractivity contribution in [3.63, 3.8) is 0 Å². The quantitative estimate of drug-likeness (QED) is 0.216. The van der Waals surface area contributed by atoms with E-state index in [9.17, 15) is 4.79 Å². The molecule has 160 valence electrons. The summed E-state index contributed by atoms with van der Waals surface area (Å²) in [6.07, 6.45) is 2.61. The molecule has 0 rings (SSSR count). The zero-order valence-electron chi connectivity index (χ0n) is 19.2. The van der Waals surface area contributed by atoms with E-state index in [1.54, 1.807) is 6.92 Å². The summed E-state index contributed by atoms with van der Waals surface area (Å²) >= 11 is 0. The maximum atomic E-state index is 11.9. The Morgan fingerprint density at radius 1 is 1.00 bits per heavy atom. The molecule has 0 heterocycles. The number of hydrogen-bond acceptors (Lipinski definition) is 5. The van der Waals surface area contributed by atoms with Crippen molar-refractivity contribution in [2.45, 2.75) is 97.6 Å². The van der Waals surface area contributed by atoms with Crippen LogP contribution in [0.3, 0.4) is 0 Å². The summed E-state index contributed by atoms with van der Waals surface area (Å²) in [6, 6.07) is 0.933. The van der Waals surface area contributed by atoms with Gasteiger partial charge in [-0.2, -0.15) is 0 Å². The number of carbonyl (C=O) groups excluding carboxylic acids is 1. The Morgan fingerprint density at radius 3 is 2.00 bits per heavy atom. The van der Waals surface area contributed by atoms with Crippen LogP contribution in [-0.2, 0) is 21.9 Å². The molecule has 0 spiro atoms. The average molecular weight is 451 g/mol. The highest BCUT2D eigenvalue weighted by Gasteiger charge is 2.41.